The number of rotatable bonds is 2. The van der Waals surface area contributed by atoms with Crippen molar-refractivity contribution in [3.05, 3.63) is 53.5 Å². The van der Waals surface area contributed by atoms with Crippen LogP contribution in [0, 0.1) is 0 Å². The van der Waals surface area contributed by atoms with E-state index in [1.807, 2.05) is 11.3 Å². The number of hydrogen-bond acceptors (Lipinski definition) is 1. The molecule has 0 bridgehead atoms. The van der Waals surface area contributed by atoms with Crippen LogP contribution in [0.15, 0.2) is 48.0 Å². The summed E-state index contributed by atoms with van der Waals surface area (Å²) in [5.74, 6) is 0.556. The molecule has 0 aliphatic carbocycles. The molecule has 0 spiro atoms. The molecule has 2 heterocycles. The van der Waals surface area contributed by atoms with Crippen LogP contribution in [0.25, 0.3) is 21.3 Å². The van der Waals surface area contributed by atoms with E-state index in [9.17, 15) is 0 Å². The number of thiophene rings is 1. The number of fused-ring (bicyclic) bond motifs is 1. The van der Waals surface area contributed by atoms with E-state index in [1.165, 1.54) is 26.9 Å². The maximum Gasteiger partial charge on any atom is 0.230 e. The fraction of sp³-hybridized carbons (Fsp3) is 0.235. The lowest BCUT2D eigenvalue weighted by Crippen LogP contribution is -2.30. The van der Waals surface area contributed by atoms with Gasteiger partial charge >= 0.3 is 0 Å². The van der Waals surface area contributed by atoms with Crippen molar-refractivity contribution in [3.63, 3.8) is 0 Å². The average Bonchev–Trinajstić information content (AvgIpc) is 2.87. The first-order valence-corrected chi connectivity index (χ1v) is 7.51. The number of benzene rings is 1. The quantitative estimate of drug-likeness (QED) is 0.602. The topological polar surface area (TPSA) is 3.88 Å². The Morgan fingerprint density at radius 1 is 1.05 bits per heavy atom. The van der Waals surface area contributed by atoms with Gasteiger partial charge in [0.2, 0.25) is 5.69 Å². The van der Waals surface area contributed by atoms with Crippen molar-refractivity contribution in [1.82, 2.24) is 0 Å². The number of pyridine rings is 1. The first-order valence-electron chi connectivity index (χ1n) is 6.63. The SMILES string of the molecule is CC(C)c1ccsc1-c1c2ccccc2cc[n+]1C. The summed E-state index contributed by atoms with van der Waals surface area (Å²) in [6.45, 7) is 4.52. The zero-order valence-electron chi connectivity index (χ0n) is 11.6. The van der Waals surface area contributed by atoms with Crippen LogP contribution in [0.2, 0.25) is 0 Å². The Morgan fingerprint density at radius 2 is 1.84 bits per heavy atom. The molecule has 0 radical (unpaired) electrons. The van der Waals surface area contributed by atoms with Crippen LogP contribution in [0.1, 0.15) is 25.3 Å². The highest BCUT2D eigenvalue weighted by Gasteiger charge is 2.20. The summed E-state index contributed by atoms with van der Waals surface area (Å²) in [6.07, 6.45) is 2.15. The third-order valence-corrected chi connectivity index (χ3v) is 4.52. The standard InChI is InChI=1S/C17H18NS/c1-12(2)14-9-11-19-17(14)16-15-7-5-4-6-13(15)8-10-18(16)3/h4-12H,1-3H3/q+1. The minimum Gasteiger partial charge on any atom is -0.200 e. The van der Waals surface area contributed by atoms with Crippen molar-refractivity contribution in [3.8, 4) is 10.6 Å². The van der Waals surface area contributed by atoms with Gasteiger partial charge in [-0.1, -0.05) is 32.0 Å². The molecular weight excluding hydrogens is 250 g/mol. The fourth-order valence-corrected chi connectivity index (χ4v) is 3.72. The van der Waals surface area contributed by atoms with E-state index >= 15 is 0 Å². The summed E-state index contributed by atoms with van der Waals surface area (Å²) in [6, 6.07) is 13.1. The molecule has 0 saturated carbocycles. The fourth-order valence-electron chi connectivity index (χ4n) is 2.56. The van der Waals surface area contributed by atoms with E-state index in [0.717, 1.165) is 0 Å². The molecule has 1 aromatic carbocycles. The van der Waals surface area contributed by atoms with Gasteiger partial charge in [-0.05, 0) is 34.4 Å². The van der Waals surface area contributed by atoms with Crippen LogP contribution >= 0.6 is 11.3 Å². The molecule has 0 N–H and O–H groups in total. The van der Waals surface area contributed by atoms with Gasteiger partial charge in [0.1, 0.15) is 11.9 Å². The minimum atomic E-state index is 0.556. The molecule has 0 unspecified atom stereocenters. The Hall–Kier alpha value is -1.67. The zero-order valence-corrected chi connectivity index (χ0v) is 12.4. The molecule has 3 rings (SSSR count). The van der Waals surface area contributed by atoms with Gasteiger partial charge in [-0.15, -0.1) is 11.3 Å². The summed E-state index contributed by atoms with van der Waals surface area (Å²) in [4.78, 5) is 1.40. The maximum atomic E-state index is 2.26. The Balaban J connectivity index is 2.35. The normalized spacial score (nSPS) is 11.4. The van der Waals surface area contributed by atoms with Gasteiger partial charge in [0.25, 0.3) is 0 Å². The Morgan fingerprint density at radius 3 is 2.63 bits per heavy atom. The van der Waals surface area contributed by atoms with Gasteiger partial charge in [0, 0.05) is 6.07 Å². The molecule has 0 atom stereocenters. The molecule has 1 nitrogen and oxygen atoms in total. The van der Waals surface area contributed by atoms with Gasteiger partial charge in [-0.2, -0.15) is 4.57 Å². The van der Waals surface area contributed by atoms with Gasteiger partial charge < -0.3 is 0 Å². The smallest absolute Gasteiger partial charge is 0.200 e. The highest BCUT2D eigenvalue weighted by atomic mass is 32.1. The van der Waals surface area contributed by atoms with Crippen LogP contribution in [-0.2, 0) is 7.05 Å². The van der Waals surface area contributed by atoms with E-state index in [4.69, 9.17) is 0 Å². The number of aryl methyl sites for hydroxylation is 1. The van der Waals surface area contributed by atoms with Gasteiger partial charge in [-0.25, -0.2) is 0 Å². The first-order chi connectivity index (χ1) is 9.18. The molecule has 2 heteroatoms. The molecular formula is C17H18NS+. The van der Waals surface area contributed by atoms with E-state index in [0.29, 0.717) is 5.92 Å². The number of aromatic nitrogens is 1. The van der Waals surface area contributed by atoms with Gasteiger partial charge in [0.05, 0.1) is 5.39 Å². The average molecular weight is 268 g/mol. The number of hydrogen-bond donors (Lipinski definition) is 0. The third-order valence-electron chi connectivity index (χ3n) is 3.58. The number of nitrogens with zero attached hydrogens (tertiary/aromatic N) is 1. The first kappa shape index (κ1) is 12.4. The Labute approximate surface area is 118 Å². The Bertz CT molecular complexity index is 725. The summed E-state index contributed by atoms with van der Waals surface area (Å²) >= 11 is 1.84. The van der Waals surface area contributed by atoms with Crippen LogP contribution in [0.3, 0.4) is 0 Å². The third kappa shape index (κ3) is 2.06. The Kier molecular flexibility index (Phi) is 3.11. The second kappa shape index (κ2) is 4.78. The lowest BCUT2D eigenvalue weighted by atomic mass is 10.0. The molecule has 0 aliphatic rings. The predicted octanol–water partition coefficient (Wildman–Crippen LogP) is 4.52. The van der Waals surface area contributed by atoms with E-state index in [-0.39, 0.29) is 0 Å². The molecule has 0 amide bonds. The molecule has 3 aromatic rings. The van der Waals surface area contributed by atoms with Crippen LogP contribution < -0.4 is 4.57 Å². The molecule has 0 aliphatic heterocycles. The second-order valence-corrected chi connectivity index (χ2v) is 6.14. The highest BCUT2D eigenvalue weighted by molar-refractivity contribution is 7.13. The second-order valence-electron chi connectivity index (χ2n) is 5.22. The molecule has 96 valence electrons. The van der Waals surface area contributed by atoms with Gasteiger partial charge in [-0.3, -0.25) is 0 Å². The summed E-state index contributed by atoms with van der Waals surface area (Å²) < 4.78 is 2.24. The van der Waals surface area contributed by atoms with Crippen molar-refractivity contribution in [2.75, 3.05) is 0 Å². The zero-order chi connectivity index (χ0) is 13.4. The summed E-state index contributed by atoms with van der Waals surface area (Å²) in [7, 11) is 2.13. The van der Waals surface area contributed by atoms with E-state index in [1.54, 1.807) is 0 Å². The van der Waals surface area contributed by atoms with Crippen molar-refractivity contribution in [1.29, 1.82) is 0 Å². The van der Waals surface area contributed by atoms with Gasteiger partial charge in [0.15, 0.2) is 6.20 Å². The maximum absolute atomic E-state index is 2.26. The molecule has 0 saturated heterocycles. The predicted molar refractivity (Wildman–Crippen MR) is 82.5 cm³/mol. The summed E-state index contributed by atoms with van der Waals surface area (Å²) in [5.41, 5.74) is 2.77. The molecule has 0 fully saturated rings. The van der Waals surface area contributed by atoms with Crippen molar-refractivity contribution < 1.29 is 4.57 Å². The molecule has 19 heavy (non-hydrogen) atoms. The van der Waals surface area contributed by atoms with Crippen LogP contribution in [0.4, 0.5) is 0 Å². The van der Waals surface area contributed by atoms with Crippen LogP contribution in [0.5, 0.6) is 0 Å². The van der Waals surface area contributed by atoms with E-state index < -0.39 is 0 Å². The van der Waals surface area contributed by atoms with E-state index in [2.05, 4.69) is 73.4 Å². The lowest BCUT2D eigenvalue weighted by molar-refractivity contribution is -0.659. The van der Waals surface area contributed by atoms with Crippen molar-refractivity contribution in [2.45, 2.75) is 19.8 Å². The monoisotopic (exact) mass is 268 g/mol. The highest BCUT2D eigenvalue weighted by Crippen LogP contribution is 2.35. The minimum absolute atomic E-state index is 0.556. The lowest BCUT2D eigenvalue weighted by Gasteiger charge is -2.08. The van der Waals surface area contributed by atoms with Crippen molar-refractivity contribution in [2.24, 2.45) is 7.05 Å². The van der Waals surface area contributed by atoms with Crippen molar-refractivity contribution >= 4 is 22.1 Å². The van der Waals surface area contributed by atoms with Crippen LogP contribution in [-0.4, -0.2) is 0 Å². The molecule has 2 aromatic heterocycles. The largest absolute Gasteiger partial charge is 0.230 e. The summed E-state index contributed by atoms with van der Waals surface area (Å²) in [5, 5.41) is 4.84.